The minimum Gasteiger partial charge on any atom is -0.469 e. The first-order valence-electron chi connectivity index (χ1n) is 6.64. The zero-order valence-electron chi connectivity index (χ0n) is 11.8. The van der Waals surface area contributed by atoms with E-state index in [4.69, 9.17) is 4.42 Å². The molecule has 1 N–H and O–H groups in total. The fraction of sp³-hybridized carbons (Fsp3) is 0.375. The molecular formula is C16H21NO2. The molecule has 3 nitrogen and oxygen atoms in total. The third kappa shape index (κ3) is 3.18. The molecule has 0 amide bonds. The van der Waals surface area contributed by atoms with Gasteiger partial charge in [-0.2, -0.15) is 0 Å². The quantitative estimate of drug-likeness (QED) is 0.890. The van der Waals surface area contributed by atoms with E-state index in [2.05, 4.69) is 11.9 Å². The second-order valence-electron chi connectivity index (χ2n) is 4.87. The number of hydrogen-bond acceptors (Lipinski definition) is 3. The SMILES string of the molecule is CCC(O)c1ccc(N(C)Cc2ccoc2C)cc1. The van der Waals surface area contributed by atoms with Gasteiger partial charge in [-0.15, -0.1) is 0 Å². The summed E-state index contributed by atoms with van der Waals surface area (Å²) in [7, 11) is 2.05. The van der Waals surface area contributed by atoms with Crippen LogP contribution in [0.25, 0.3) is 0 Å². The molecule has 0 bridgehead atoms. The fourth-order valence-corrected chi connectivity index (χ4v) is 2.11. The number of nitrogens with zero attached hydrogens (tertiary/aromatic N) is 1. The Morgan fingerprint density at radius 3 is 2.42 bits per heavy atom. The van der Waals surface area contributed by atoms with Crippen molar-refractivity contribution < 1.29 is 9.52 Å². The van der Waals surface area contributed by atoms with E-state index in [0.717, 1.165) is 30.0 Å². The summed E-state index contributed by atoms with van der Waals surface area (Å²) in [4.78, 5) is 2.17. The smallest absolute Gasteiger partial charge is 0.105 e. The zero-order chi connectivity index (χ0) is 13.8. The molecule has 0 aliphatic carbocycles. The fourth-order valence-electron chi connectivity index (χ4n) is 2.11. The molecule has 1 aromatic carbocycles. The minimum absolute atomic E-state index is 0.365. The normalized spacial score (nSPS) is 12.4. The van der Waals surface area contributed by atoms with Gasteiger partial charge in [-0.25, -0.2) is 0 Å². The van der Waals surface area contributed by atoms with Crippen LogP contribution in [0.15, 0.2) is 41.0 Å². The second-order valence-corrected chi connectivity index (χ2v) is 4.87. The van der Waals surface area contributed by atoms with Gasteiger partial charge < -0.3 is 14.4 Å². The van der Waals surface area contributed by atoms with Crippen LogP contribution in [0.1, 0.15) is 36.3 Å². The lowest BCUT2D eigenvalue weighted by Gasteiger charge is -2.19. The molecule has 1 aromatic heterocycles. The molecule has 0 radical (unpaired) electrons. The van der Waals surface area contributed by atoms with E-state index in [-0.39, 0.29) is 6.10 Å². The van der Waals surface area contributed by atoms with E-state index in [1.807, 2.05) is 44.2 Å². The summed E-state index contributed by atoms with van der Waals surface area (Å²) in [5.41, 5.74) is 3.30. The van der Waals surface area contributed by atoms with Crippen LogP contribution < -0.4 is 4.90 Å². The highest BCUT2D eigenvalue weighted by Crippen LogP contribution is 2.22. The first kappa shape index (κ1) is 13.7. The zero-order valence-corrected chi connectivity index (χ0v) is 11.8. The number of hydrogen-bond donors (Lipinski definition) is 1. The molecule has 1 unspecified atom stereocenters. The number of aryl methyl sites for hydroxylation is 1. The molecule has 2 aromatic rings. The van der Waals surface area contributed by atoms with Gasteiger partial charge in [0.25, 0.3) is 0 Å². The molecule has 3 heteroatoms. The molecule has 1 atom stereocenters. The average Bonchev–Trinajstić information content (AvgIpc) is 2.83. The van der Waals surface area contributed by atoms with Crippen LogP contribution in [0.4, 0.5) is 5.69 Å². The Morgan fingerprint density at radius 1 is 1.21 bits per heavy atom. The van der Waals surface area contributed by atoms with Crippen LogP contribution in [0, 0.1) is 6.92 Å². The Balaban J connectivity index is 2.07. The Kier molecular flexibility index (Phi) is 4.27. The van der Waals surface area contributed by atoms with E-state index >= 15 is 0 Å². The molecular weight excluding hydrogens is 238 g/mol. The number of furan rings is 1. The number of aliphatic hydroxyl groups excluding tert-OH is 1. The monoisotopic (exact) mass is 259 g/mol. The van der Waals surface area contributed by atoms with Crippen molar-refractivity contribution in [3.8, 4) is 0 Å². The molecule has 0 saturated heterocycles. The molecule has 1 heterocycles. The number of benzene rings is 1. The largest absolute Gasteiger partial charge is 0.469 e. The predicted molar refractivity (Wildman–Crippen MR) is 77.2 cm³/mol. The lowest BCUT2D eigenvalue weighted by atomic mass is 10.1. The first-order valence-corrected chi connectivity index (χ1v) is 6.64. The maximum atomic E-state index is 9.78. The van der Waals surface area contributed by atoms with Gasteiger partial charge in [0, 0.05) is 24.8 Å². The van der Waals surface area contributed by atoms with E-state index in [1.165, 1.54) is 5.56 Å². The van der Waals surface area contributed by atoms with Crippen molar-refractivity contribution in [2.24, 2.45) is 0 Å². The maximum absolute atomic E-state index is 9.78. The summed E-state index contributed by atoms with van der Waals surface area (Å²) in [6, 6.07) is 10.1. The van der Waals surface area contributed by atoms with Crippen molar-refractivity contribution in [2.45, 2.75) is 32.9 Å². The standard InChI is InChI=1S/C16H21NO2/c1-4-16(18)13-5-7-15(8-6-13)17(3)11-14-9-10-19-12(14)2/h5-10,16,18H,4,11H2,1-3H3. The number of rotatable bonds is 5. The van der Waals surface area contributed by atoms with Crippen LogP contribution >= 0.6 is 0 Å². The third-order valence-electron chi connectivity index (χ3n) is 3.48. The highest BCUT2D eigenvalue weighted by atomic mass is 16.3. The van der Waals surface area contributed by atoms with Gasteiger partial charge in [0.2, 0.25) is 0 Å². The summed E-state index contributed by atoms with van der Waals surface area (Å²) in [5.74, 6) is 0.963. The van der Waals surface area contributed by atoms with Crippen molar-refractivity contribution in [1.29, 1.82) is 0 Å². The third-order valence-corrected chi connectivity index (χ3v) is 3.48. The highest BCUT2D eigenvalue weighted by Gasteiger charge is 2.08. The summed E-state index contributed by atoms with van der Waals surface area (Å²) >= 11 is 0. The Bertz CT molecular complexity index is 516. The van der Waals surface area contributed by atoms with Crippen LogP contribution in [0.2, 0.25) is 0 Å². The topological polar surface area (TPSA) is 36.6 Å². The van der Waals surface area contributed by atoms with Crippen molar-refractivity contribution in [1.82, 2.24) is 0 Å². The highest BCUT2D eigenvalue weighted by molar-refractivity contribution is 5.47. The summed E-state index contributed by atoms with van der Waals surface area (Å²) in [6.07, 6.45) is 2.10. The van der Waals surface area contributed by atoms with Gasteiger partial charge in [-0.05, 0) is 37.1 Å². The van der Waals surface area contributed by atoms with E-state index in [0.29, 0.717) is 0 Å². The summed E-state index contributed by atoms with van der Waals surface area (Å²) in [5, 5.41) is 9.78. The molecule has 0 aliphatic heterocycles. The van der Waals surface area contributed by atoms with Crippen LogP contribution in [0.5, 0.6) is 0 Å². The molecule has 0 aliphatic rings. The Hall–Kier alpha value is -1.74. The van der Waals surface area contributed by atoms with Crippen molar-refractivity contribution in [3.63, 3.8) is 0 Å². The van der Waals surface area contributed by atoms with Crippen molar-refractivity contribution >= 4 is 5.69 Å². The van der Waals surface area contributed by atoms with Gasteiger partial charge in [0.05, 0.1) is 12.4 Å². The van der Waals surface area contributed by atoms with Crippen LogP contribution in [-0.2, 0) is 6.54 Å². The Labute approximate surface area is 114 Å². The Morgan fingerprint density at radius 2 is 1.89 bits per heavy atom. The van der Waals surface area contributed by atoms with Gasteiger partial charge in [0.1, 0.15) is 5.76 Å². The molecule has 102 valence electrons. The number of anilines is 1. The molecule has 0 saturated carbocycles. The molecule has 0 spiro atoms. The van der Waals surface area contributed by atoms with Crippen LogP contribution in [-0.4, -0.2) is 12.2 Å². The molecule has 19 heavy (non-hydrogen) atoms. The molecule has 2 rings (SSSR count). The van der Waals surface area contributed by atoms with Gasteiger partial charge in [0.15, 0.2) is 0 Å². The first-order chi connectivity index (χ1) is 9.11. The lowest BCUT2D eigenvalue weighted by molar-refractivity contribution is 0.173. The molecule has 0 fully saturated rings. The average molecular weight is 259 g/mol. The van der Waals surface area contributed by atoms with Crippen LogP contribution in [0.3, 0.4) is 0 Å². The van der Waals surface area contributed by atoms with E-state index in [9.17, 15) is 5.11 Å². The van der Waals surface area contributed by atoms with Gasteiger partial charge >= 0.3 is 0 Å². The van der Waals surface area contributed by atoms with Gasteiger partial charge in [-0.1, -0.05) is 19.1 Å². The minimum atomic E-state index is -0.365. The van der Waals surface area contributed by atoms with Gasteiger partial charge in [-0.3, -0.25) is 0 Å². The summed E-state index contributed by atoms with van der Waals surface area (Å²) in [6.45, 7) is 4.77. The second kappa shape index (κ2) is 5.93. The van der Waals surface area contributed by atoms with Crippen molar-refractivity contribution in [3.05, 3.63) is 53.5 Å². The van der Waals surface area contributed by atoms with E-state index < -0.39 is 0 Å². The lowest BCUT2D eigenvalue weighted by Crippen LogP contribution is -2.16. The number of aliphatic hydroxyl groups is 1. The van der Waals surface area contributed by atoms with E-state index in [1.54, 1.807) is 6.26 Å². The predicted octanol–water partition coefficient (Wildman–Crippen LogP) is 3.67. The summed E-state index contributed by atoms with van der Waals surface area (Å²) < 4.78 is 5.31. The maximum Gasteiger partial charge on any atom is 0.105 e. The van der Waals surface area contributed by atoms with Crippen molar-refractivity contribution in [2.75, 3.05) is 11.9 Å².